The van der Waals surface area contributed by atoms with Gasteiger partial charge < -0.3 is 5.11 Å². The molecular weight excluding hydrogens is 331 g/mol. The van der Waals surface area contributed by atoms with Crippen LogP contribution >= 0.6 is 0 Å². The second kappa shape index (κ2) is 5.37. The lowest BCUT2D eigenvalue weighted by atomic mass is 9.47. The van der Waals surface area contributed by atoms with E-state index < -0.39 is 28.0 Å². The molecule has 3 fully saturated rings. The lowest BCUT2D eigenvalue weighted by Crippen LogP contribution is -2.58. The Hall–Kier alpha value is -1.29. The van der Waals surface area contributed by atoms with Crippen molar-refractivity contribution < 1.29 is 19.1 Å². The number of fused-ring (bicyclic) bond motifs is 5. The lowest BCUT2D eigenvalue weighted by Gasteiger charge is -2.57. The average Bonchev–Trinajstić information content (AvgIpc) is 2.78. The van der Waals surface area contributed by atoms with Crippen LogP contribution in [0.3, 0.4) is 0 Å². The van der Waals surface area contributed by atoms with Crippen molar-refractivity contribution in [3.05, 3.63) is 23.6 Å². The number of aliphatic hydroxyl groups is 1. The van der Waals surface area contributed by atoms with E-state index in [2.05, 4.69) is 13.8 Å². The first kappa shape index (κ1) is 18.1. The Morgan fingerprint density at radius 1 is 1.27 bits per heavy atom. The molecule has 142 valence electrons. The molecule has 0 heterocycles. The summed E-state index contributed by atoms with van der Waals surface area (Å²) in [4.78, 5) is 24.2. The first-order chi connectivity index (χ1) is 12.1. The van der Waals surface area contributed by atoms with Crippen LogP contribution in [0.25, 0.3) is 0 Å². The second-order valence-corrected chi connectivity index (χ2v) is 9.64. The number of carbonyl (C=O) groups excluding carboxylic acids is 2. The molecule has 0 aromatic rings. The van der Waals surface area contributed by atoms with Gasteiger partial charge >= 0.3 is 0 Å². The number of Topliss-reactive ketones (excluding diaryl/α,β-unsaturated/α-hetero) is 1. The van der Waals surface area contributed by atoms with Crippen LogP contribution < -0.4 is 0 Å². The fourth-order valence-electron chi connectivity index (χ4n) is 7.34. The SMILES string of the molecule is CC(=O)[C@@]1(O)C(C)C[C@H]2[C@@H]3CCC4=CC(=O)C(F)=C[C@]4(C)[C@H]3CC[C@@]21C. The van der Waals surface area contributed by atoms with E-state index in [1.165, 1.54) is 13.0 Å². The van der Waals surface area contributed by atoms with Gasteiger partial charge in [-0.25, -0.2) is 4.39 Å². The minimum Gasteiger partial charge on any atom is -0.381 e. The molecule has 7 atom stereocenters. The number of hydrogen-bond acceptors (Lipinski definition) is 3. The Morgan fingerprint density at radius 2 is 1.96 bits per heavy atom. The van der Waals surface area contributed by atoms with Crippen molar-refractivity contribution in [2.75, 3.05) is 0 Å². The summed E-state index contributed by atoms with van der Waals surface area (Å²) in [7, 11) is 0. The molecule has 0 aromatic heterocycles. The smallest absolute Gasteiger partial charge is 0.213 e. The van der Waals surface area contributed by atoms with Crippen LogP contribution in [-0.2, 0) is 9.59 Å². The number of hydrogen-bond donors (Lipinski definition) is 1. The number of carbonyl (C=O) groups is 2. The first-order valence-electron chi connectivity index (χ1n) is 9.93. The number of halogens is 1. The maximum absolute atomic E-state index is 14.2. The van der Waals surface area contributed by atoms with Crippen LogP contribution in [0.2, 0.25) is 0 Å². The highest BCUT2D eigenvalue weighted by molar-refractivity contribution is 6.04. The van der Waals surface area contributed by atoms with Gasteiger partial charge in [0.25, 0.3) is 0 Å². The number of allylic oxidation sites excluding steroid dienone is 4. The summed E-state index contributed by atoms with van der Waals surface area (Å²) >= 11 is 0. The van der Waals surface area contributed by atoms with Gasteiger partial charge in [-0.1, -0.05) is 26.3 Å². The van der Waals surface area contributed by atoms with Crippen molar-refractivity contribution in [2.45, 2.75) is 65.4 Å². The largest absolute Gasteiger partial charge is 0.381 e. The van der Waals surface area contributed by atoms with Gasteiger partial charge in [-0.2, -0.15) is 0 Å². The third-order valence-corrected chi connectivity index (χ3v) is 8.73. The highest BCUT2D eigenvalue weighted by Gasteiger charge is 2.67. The lowest BCUT2D eigenvalue weighted by molar-refractivity contribution is -0.164. The zero-order valence-electron chi connectivity index (χ0n) is 16.1. The van der Waals surface area contributed by atoms with Crippen molar-refractivity contribution in [1.82, 2.24) is 0 Å². The summed E-state index contributed by atoms with van der Waals surface area (Å²) in [6, 6.07) is 0. The van der Waals surface area contributed by atoms with E-state index in [0.29, 0.717) is 5.92 Å². The van der Waals surface area contributed by atoms with E-state index in [4.69, 9.17) is 0 Å². The second-order valence-electron chi connectivity index (χ2n) is 9.64. The molecule has 0 aromatic carbocycles. The average molecular weight is 360 g/mol. The van der Waals surface area contributed by atoms with Crippen LogP contribution in [0, 0.1) is 34.5 Å². The van der Waals surface area contributed by atoms with Gasteiger partial charge in [0.15, 0.2) is 11.6 Å². The normalized spacial score (nSPS) is 50.3. The Bertz CT molecular complexity index is 752. The molecule has 3 saturated carbocycles. The van der Waals surface area contributed by atoms with Gasteiger partial charge in [0.1, 0.15) is 5.60 Å². The zero-order chi connectivity index (χ0) is 19.1. The predicted molar refractivity (Wildman–Crippen MR) is 96.8 cm³/mol. The van der Waals surface area contributed by atoms with E-state index in [1.807, 2.05) is 6.92 Å². The standard InChI is InChI=1S/C22H29FO3/c1-12-9-17-15-6-5-14-10-19(25)18(23)11-20(14,3)16(15)7-8-21(17,4)22(12,26)13(2)24/h10-12,15-17,26H,5-9H2,1-4H3/t12?,15-,16+,17+,20+,21+,22+/m1/s1. The van der Waals surface area contributed by atoms with Crippen LogP contribution in [-0.4, -0.2) is 22.3 Å². The maximum Gasteiger partial charge on any atom is 0.213 e. The van der Waals surface area contributed by atoms with E-state index >= 15 is 0 Å². The summed E-state index contributed by atoms with van der Waals surface area (Å²) < 4.78 is 14.2. The predicted octanol–water partition coefficient (Wildman–Crippen LogP) is 4.16. The quantitative estimate of drug-likeness (QED) is 0.764. The molecule has 4 aliphatic carbocycles. The summed E-state index contributed by atoms with van der Waals surface area (Å²) in [5.74, 6) is -0.436. The fourth-order valence-corrected chi connectivity index (χ4v) is 7.34. The first-order valence-corrected chi connectivity index (χ1v) is 9.93. The Kier molecular flexibility index (Phi) is 3.74. The molecule has 0 aliphatic heterocycles. The molecule has 1 N–H and O–H groups in total. The summed E-state index contributed by atoms with van der Waals surface area (Å²) in [6.07, 6.45) is 7.29. The molecule has 4 aliphatic rings. The van der Waals surface area contributed by atoms with E-state index in [-0.39, 0.29) is 23.5 Å². The third kappa shape index (κ3) is 1.97. The van der Waals surface area contributed by atoms with Crippen molar-refractivity contribution in [2.24, 2.45) is 34.5 Å². The van der Waals surface area contributed by atoms with Crippen molar-refractivity contribution in [1.29, 1.82) is 0 Å². The van der Waals surface area contributed by atoms with Crippen LogP contribution in [0.5, 0.6) is 0 Å². The van der Waals surface area contributed by atoms with Crippen molar-refractivity contribution in [3.63, 3.8) is 0 Å². The molecule has 0 radical (unpaired) electrons. The fraction of sp³-hybridized carbons (Fsp3) is 0.727. The summed E-state index contributed by atoms with van der Waals surface area (Å²) in [6.45, 7) is 7.67. The van der Waals surface area contributed by atoms with Crippen molar-refractivity contribution in [3.8, 4) is 0 Å². The molecule has 0 saturated heterocycles. The van der Waals surface area contributed by atoms with Crippen LogP contribution in [0.15, 0.2) is 23.6 Å². The van der Waals surface area contributed by atoms with Crippen molar-refractivity contribution >= 4 is 11.6 Å². The van der Waals surface area contributed by atoms with Crippen LogP contribution in [0.4, 0.5) is 4.39 Å². The number of rotatable bonds is 1. The monoisotopic (exact) mass is 360 g/mol. The molecular formula is C22H29FO3. The molecule has 4 rings (SSSR count). The van der Waals surface area contributed by atoms with E-state index in [9.17, 15) is 19.1 Å². The molecule has 1 unspecified atom stereocenters. The van der Waals surface area contributed by atoms with Gasteiger partial charge in [0.05, 0.1) is 0 Å². The minimum absolute atomic E-state index is 0.0568. The molecule has 0 bridgehead atoms. The van der Waals surface area contributed by atoms with Gasteiger partial charge in [0.2, 0.25) is 5.78 Å². The highest BCUT2D eigenvalue weighted by atomic mass is 19.1. The van der Waals surface area contributed by atoms with Gasteiger partial charge in [0, 0.05) is 10.8 Å². The zero-order valence-corrected chi connectivity index (χ0v) is 16.1. The van der Waals surface area contributed by atoms with Gasteiger partial charge in [-0.3, -0.25) is 9.59 Å². The Morgan fingerprint density at radius 3 is 2.62 bits per heavy atom. The summed E-state index contributed by atoms with van der Waals surface area (Å²) in [5, 5.41) is 11.4. The topological polar surface area (TPSA) is 54.4 Å². The number of ketones is 2. The summed E-state index contributed by atoms with van der Waals surface area (Å²) in [5.41, 5.74) is -1.03. The molecule has 4 heteroatoms. The van der Waals surface area contributed by atoms with E-state index in [0.717, 1.165) is 37.7 Å². The molecule has 0 amide bonds. The third-order valence-electron chi connectivity index (χ3n) is 8.73. The highest BCUT2D eigenvalue weighted by Crippen LogP contribution is 2.68. The van der Waals surface area contributed by atoms with E-state index in [1.54, 1.807) is 6.08 Å². The molecule has 0 spiro atoms. The minimum atomic E-state index is -1.26. The Labute approximate surface area is 154 Å². The molecule has 3 nitrogen and oxygen atoms in total. The van der Waals surface area contributed by atoms with Gasteiger partial charge in [-0.15, -0.1) is 0 Å². The van der Waals surface area contributed by atoms with Crippen LogP contribution in [0.1, 0.15) is 59.8 Å². The van der Waals surface area contributed by atoms with Gasteiger partial charge in [-0.05, 0) is 74.9 Å². The molecule has 26 heavy (non-hydrogen) atoms. The maximum atomic E-state index is 14.2. The Balaban J connectivity index is 1.75.